The van der Waals surface area contributed by atoms with E-state index in [4.69, 9.17) is 9.84 Å². The van der Waals surface area contributed by atoms with Crippen LogP contribution in [0.3, 0.4) is 0 Å². The van der Waals surface area contributed by atoms with Gasteiger partial charge < -0.3 is 15.2 Å². The Balaban J connectivity index is 2.03. The van der Waals surface area contributed by atoms with E-state index in [-0.39, 0.29) is 17.6 Å². The zero-order chi connectivity index (χ0) is 13.8. The number of carbonyl (C=O) groups excluding carboxylic acids is 1. The van der Waals surface area contributed by atoms with Crippen LogP contribution >= 0.6 is 0 Å². The van der Waals surface area contributed by atoms with Gasteiger partial charge in [0.15, 0.2) is 0 Å². The standard InChI is InChI=1S/C14H17NO4/c1-9-5-10(7-11(6-9)14(17)18)13(16)15-8-12-3-2-4-19-12/h5-7,12H,2-4,8H2,1H3,(H,15,16)(H,17,18). The number of benzene rings is 1. The summed E-state index contributed by atoms with van der Waals surface area (Å²) >= 11 is 0. The van der Waals surface area contributed by atoms with Crippen molar-refractivity contribution in [2.75, 3.05) is 13.2 Å². The van der Waals surface area contributed by atoms with E-state index in [0.717, 1.165) is 25.0 Å². The molecule has 1 heterocycles. The Morgan fingerprint density at radius 3 is 2.74 bits per heavy atom. The van der Waals surface area contributed by atoms with E-state index in [2.05, 4.69) is 5.32 Å². The Morgan fingerprint density at radius 2 is 2.11 bits per heavy atom. The number of aryl methyl sites for hydroxylation is 1. The lowest BCUT2D eigenvalue weighted by molar-refractivity contribution is 0.0696. The van der Waals surface area contributed by atoms with Crippen molar-refractivity contribution >= 4 is 11.9 Å². The van der Waals surface area contributed by atoms with Crippen LogP contribution in [-0.4, -0.2) is 36.2 Å². The fourth-order valence-electron chi connectivity index (χ4n) is 2.15. The first kappa shape index (κ1) is 13.5. The molecule has 0 spiro atoms. The Labute approximate surface area is 111 Å². The molecule has 19 heavy (non-hydrogen) atoms. The Hall–Kier alpha value is -1.88. The highest BCUT2D eigenvalue weighted by Gasteiger charge is 2.17. The van der Waals surface area contributed by atoms with Crippen molar-refractivity contribution < 1.29 is 19.4 Å². The molecule has 0 radical (unpaired) electrons. The molecule has 5 nitrogen and oxygen atoms in total. The highest BCUT2D eigenvalue weighted by atomic mass is 16.5. The highest BCUT2D eigenvalue weighted by molar-refractivity contribution is 5.97. The van der Waals surface area contributed by atoms with Gasteiger partial charge in [0.05, 0.1) is 11.7 Å². The number of amides is 1. The fourth-order valence-corrected chi connectivity index (χ4v) is 2.15. The smallest absolute Gasteiger partial charge is 0.335 e. The van der Waals surface area contributed by atoms with Crippen LogP contribution in [0.5, 0.6) is 0 Å². The third-order valence-corrected chi connectivity index (χ3v) is 3.10. The molecule has 1 atom stereocenters. The molecule has 1 fully saturated rings. The second-order valence-corrected chi connectivity index (χ2v) is 4.74. The minimum atomic E-state index is -1.03. The average molecular weight is 263 g/mol. The van der Waals surface area contributed by atoms with Crippen LogP contribution in [0.4, 0.5) is 0 Å². The predicted octanol–water partition coefficient (Wildman–Crippen LogP) is 1.60. The minimum absolute atomic E-state index is 0.0766. The molecule has 1 unspecified atom stereocenters. The van der Waals surface area contributed by atoms with Crippen LogP contribution < -0.4 is 5.32 Å². The number of aromatic carboxylic acids is 1. The number of carboxylic acids is 1. The van der Waals surface area contributed by atoms with Gasteiger partial charge in [0.1, 0.15) is 0 Å². The maximum atomic E-state index is 12.0. The second kappa shape index (κ2) is 5.84. The van der Waals surface area contributed by atoms with Crippen molar-refractivity contribution in [1.82, 2.24) is 5.32 Å². The molecular formula is C14H17NO4. The fraction of sp³-hybridized carbons (Fsp3) is 0.429. The number of carboxylic acid groups (broad SMARTS) is 1. The molecule has 0 aliphatic carbocycles. The molecule has 0 aromatic heterocycles. The summed E-state index contributed by atoms with van der Waals surface area (Å²) in [6.45, 7) is 2.98. The largest absolute Gasteiger partial charge is 0.478 e. The summed E-state index contributed by atoms with van der Waals surface area (Å²) in [5.41, 5.74) is 1.25. The zero-order valence-electron chi connectivity index (χ0n) is 10.8. The molecular weight excluding hydrogens is 246 g/mol. The van der Waals surface area contributed by atoms with E-state index in [1.165, 1.54) is 6.07 Å². The average Bonchev–Trinajstić information content (AvgIpc) is 2.88. The molecule has 1 saturated heterocycles. The topological polar surface area (TPSA) is 75.6 Å². The molecule has 0 bridgehead atoms. The first-order valence-corrected chi connectivity index (χ1v) is 6.31. The Bertz CT molecular complexity index is 492. The molecule has 102 valence electrons. The molecule has 5 heteroatoms. The monoisotopic (exact) mass is 263 g/mol. The van der Waals surface area contributed by atoms with Crippen molar-refractivity contribution in [2.45, 2.75) is 25.9 Å². The zero-order valence-corrected chi connectivity index (χ0v) is 10.8. The highest BCUT2D eigenvalue weighted by Crippen LogP contribution is 2.12. The number of hydrogen-bond acceptors (Lipinski definition) is 3. The van der Waals surface area contributed by atoms with Crippen LogP contribution in [0.25, 0.3) is 0 Å². The van der Waals surface area contributed by atoms with Gasteiger partial charge in [-0.1, -0.05) is 0 Å². The molecule has 1 aliphatic heterocycles. The summed E-state index contributed by atoms with van der Waals surface area (Å²) in [5, 5.41) is 11.7. The SMILES string of the molecule is Cc1cc(C(=O)O)cc(C(=O)NCC2CCCO2)c1. The van der Waals surface area contributed by atoms with Crippen LogP contribution in [0.2, 0.25) is 0 Å². The number of hydrogen-bond donors (Lipinski definition) is 2. The van der Waals surface area contributed by atoms with Crippen LogP contribution in [0.1, 0.15) is 39.1 Å². The lowest BCUT2D eigenvalue weighted by atomic mass is 10.1. The maximum Gasteiger partial charge on any atom is 0.335 e. The number of carbonyl (C=O) groups is 2. The summed E-state index contributed by atoms with van der Waals surface area (Å²) in [5.74, 6) is -1.29. The summed E-state index contributed by atoms with van der Waals surface area (Å²) in [6, 6.07) is 4.61. The van der Waals surface area contributed by atoms with Gasteiger partial charge >= 0.3 is 5.97 Å². The van der Waals surface area contributed by atoms with E-state index >= 15 is 0 Å². The van der Waals surface area contributed by atoms with Crippen molar-refractivity contribution in [3.8, 4) is 0 Å². The summed E-state index contributed by atoms with van der Waals surface area (Å²) < 4.78 is 5.42. The quantitative estimate of drug-likeness (QED) is 0.865. The number of rotatable bonds is 4. The molecule has 1 aliphatic rings. The predicted molar refractivity (Wildman–Crippen MR) is 69.4 cm³/mol. The van der Waals surface area contributed by atoms with Gasteiger partial charge in [-0.15, -0.1) is 0 Å². The molecule has 0 saturated carbocycles. The van der Waals surface area contributed by atoms with Crippen LogP contribution in [0, 0.1) is 6.92 Å². The molecule has 1 amide bonds. The second-order valence-electron chi connectivity index (χ2n) is 4.74. The van der Waals surface area contributed by atoms with Gasteiger partial charge in [0, 0.05) is 18.7 Å². The van der Waals surface area contributed by atoms with Crippen molar-refractivity contribution in [3.63, 3.8) is 0 Å². The van der Waals surface area contributed by atoms with Gasteiger partial charge in [-0.2, -0.15) is 0 Å². The minimum Gasteiger partial charge on any atom is -0.478 e. The van der Waals surface area contributed by atoms with Crippen molar-refractivity contribution in [1.29, 1.82) is 0 Å². The Kier molecular flexibility index (Phi) is 4.16. The summed E-state index contributed by atoms with van der Waals surface area (Å²) in [4.78, 5) is 22.9. The van der Waals surface area contributed by atoms with Gasteiger partial charge in [0.2, 0.25) is 0 Å². The van der Waals surface area contributed by atoms with Crippen LogP contribution in [-0.2, 0) is 4.74 Å². The van der Waals surface area contributed by atoms with Crippen molar-refractivity contribution in [2.24, 2.45) is 0 Å². The lowest BCUT2D eigenvalue weighted by Gasteiger charge is -2.11. The molecule has 1 aromatic rings. The van der Waals surface area contributed by atoms with E-state index in [9.17, 15) is 9.59 Å². The lowest BCUT2D eigenvalue weighted by Crippen LogP contribution is -2.31. The van der Waals surface area contributed by atoms with Gasteiger partial charge in [-0.05, 0) is 43.5 Å². The molecule has 2 rings (SSSR count). The number of nitrogens with one attached hydrogen (secondary N) is 1. The first-order valence-electron chi connectivity index (χ1n) is 6.31. The molecule has 2 N–H and O–H groups in total. The third-order valence-electron chi connectivity index (χ3n) is 3.10. The van der Waals surface area contributed by atoms with Crippen LogP contribution in [0.15, 0.2) is 18.2 Å². The van der Waals surface area contributed by atoms with Gasteiger partial charge in [-0.25, -0.2) is 4.79 Å². The van der Waals surface area contributed by atoms with E-state index < -0.39 is 5.97 Å². The maximum absolute atomic E-state index is 12.0. The van der Waals surface area contributed by atoms with Crippen molar-refractivity contribution in [3.05, 3.63) is 34.9 Å². The summed E-state index contributed by atoms with van der Waals surface area (Å²) in [6.07, 6.45) is 2.05. The third kappa shape index (κ3) is 3.54. The molecule has 1 aromatic carbocycles. The van der Waals surface area contributed by atoms with E-state index in [0.29, 0.717) is 12.1 Å². The van der Waals surface area contributed by atoms with E-state index in [1.807, 2.05) is 0 Å². The number of ether oxygens (including phenoxy) is 1. The summed E-state index contributed by atoms with van der Waals surface area (Å²) in [7, 11) is 0. The van der Waals surface area contributed by atoms with E-state index in [1.54, 1.807) is 19.1 Å². The normalized spacial score (nSPS) is 18.3. The van der Waals surface area contributed by atoms with Gasteiger partial charge in [0.25, 0.3) is 5.91 Å². The van der Waals surface area contributed by atoms with Gasteiger partial charge in [-0.3, -0.25) is 4.79 Å². The first-order chi connectivity index (χ1) is 9.06. The Morgan fingerprint density at radius 1 is 1.37 bits per heavy atom.